The van der Waals surface area contributed by atoms with Crippen LogP contribution in [-0.2, 0) is 0 Å². The van der Waals surface area contributed by atoms with Gasteiger partial charge in [-0.1, -0.05) is 77.9 Å². The summed E-state index contributed by atoms with van der Waals surface area (Å²) in [4.78, 5) is 0. The van der Waals surface area contributed by atoms with Gasteiger partial charge in [-0.05, 0) is 43.4 Å². The van der Waals surface area contributed by atoms with Gasteiger partial charge in [0.2, 0.25) is 0 Å². The molecule has 0 aliphatic heterocycles. The molecule has 0 aromatic rings. The van der Waals surface area contributed by atoms with Crippen LogP contribution in [0.15, 0.2) is 11.6 Å². The molecule has 0 heterocycles. The summed E-state index contributed by atoms with van der Waals surface area (Å²) in [6, 6.07) is 0. The molecule has 1 saturated carbocycles. The Morgan fingerprint density at radius 1 is 1.11 bits per heavy atom. The Labute approximate surface area is 122 Å². The molecule has 1 fully saturated rings. The molecule has 0 aromatic heterocycles. The van der Waals surface area contributed by atoms with Crippen LogP contribution in [0.3, 0.4) is 0 Å². The number of hydrogen-bond acceptors (Lipinski definition) is 0. The Hall–Kier alpha value is -0.260. The Kier molecular flexibility index (Phi) is 7.80. The van der Waals surface area contributed by atoms with Gasteiger partial charge in [0, 0.05) is 0 Å². The van der Waals surface area contributed by atoms with Crippen LogP contribution in [0.4, 0.5) is 0 Å². The predicted molar refractivity (Wildman–Crippen MR) is 87.5 cm³/mol. The summed E-state index contributed by atoms with van der Waals surface area (Å²) in [6.07, 6.45) is 18.0. The fourth-order valence-corrected chi connectivity index (χ4v) is 3.27. The highest BCUT2D eigenvalue weighted by Crippen LogP contribution is 2.36. The average Bonchev–Trinajstić information content (AvgIpc) is 2.82. The van der Waals surface area contributed by atoms with Crippen LogP contribution in [0.2, 0.25) is 0 Å². The molecule has 0 radical (unpaired) electrons. The first-order valence-electron chi connectivity index (χ1n) is 8.75. The number of allylic oxidation sites excluding steroid dienone is 2. The van der Waals surface area contributed by atoms with Gasteiger partial charge >= 0.3 is 0 Å². The van der Waals surface area contributed by atoms with Gasteiger partial charge in [0.1, 0.15) is 0 Å². The van der Waals surface area contributed by atoms with E-state index in [1.54, 1.807) is 5.57 Å². The highest BCUT2D eigenvalue weighted by molar-refractivity contribution is 5.09. The molecule has 1 unspecified atom stereocenters. The molecular formula is C19H36. The predicted octanol–water partition coefficient (Wildman–Crippen LogP) is 6.90. The van der Waals surface area contributed by atoms with E-state index in [0.29, 0.717) is 5.41 Å². The van der Waals surface area contributed by atoms with E-state index in [2.05, 4.69) is 33.8 Å². The van der Waals surface area contributed by atoms with Crippen molar-refractivity contribution in [2.24, 2.45) is 11.3 Å². The maximum Gasteiger partial charge on any atom is -0.0292 e. The maximum atomic E-state index is 2.60. The SMILES string of the molecule is CCCCCC(C)(C)C/C=C1\CCC(CCCC)C1. The Morgan fingerprint density at radius 3 is 2.53 bits per heavy atom. The third kappa shape index (κ3) is 7.18. The number of hydrogen-bond donors (Lipinski definition) is 0. The molecule has 0 heteroatoms. The second-order valence-electron chi connectivity index (χ2n) is 7.44. The zero-order chi connectivity index (χ0) is 14.1. The van der Waals surface area contributed by atoms with Crippen molar-refractivity contribution in [3.8, 4) is 0 Å². The van der Waals surface area contributed by atoms with Gasteiger partial charge in [0.25, 0.3) is 0 Å². The lowest BCUT2D eigenvalue weighted by atomic mass is 9.83. The number of unbranched alkanes of at least 4 members (excludes halogenated alkanes) is 3. The Bertz CT molecular complexity index is 259. The summed E-state index contributed by atoms with van der Waals surface area (Å²) in [5.74, 6) is 1.01. The van der Waals surface area contributed by atoms with Gasteiger partial charge in [0.15, 0.2) is 0 Å². The minimum absolute atomic E-state index is 0.518. The van der Waals surface area contributed by atoms with Gasteiger partial charge < -0.3 is 0 Å². The van der Waals surface area contributed by atoms with Gasteiger partial charge in [-0.25, -0.2) is 0 Å². The van der Waals surface area contributed by atoms with Gasteiger partial charge in [-0.15, -0.1) is 0 Å². The molecule has 1 aliphatic rings. The van der Waals surface area contributed by atoms with Crippen molar-refractivity contribution < 1.29 is 0 Å². The Balaban J connectivity index is 2.28. The van der Waals surface area contributed by atoms with Crippen molar-refractivity contribution in [3.05, 3.63) is 11.6 Å². The second-order valence-corrected chi connectivity index (χ2v) is 7.44. The van der Waals surface area contributed by atoms with E-state index in [0.717, 1.165) is 5.92 Å². The van der Waals surface area contributed by atoms with E-state index in [1.165, 1.54) is 70.6 Å². The molecule has 0 aromatic carbocycles. The first-order valence-corrected chi connectivity index (χ1v) is 8.75. The van der Waals surface area contributed by atoms with Gasteiger partial charge in [-0.3, -0.25) is 0 Å². The van der Waals surface area contributed by atoms with Crippen LogP contribution < -0.4 is 0 Å². The van der Waals surface area contributed by atoms with Gasteiger partial charge in [-0.2, -0.15) is 0 Å². The molecule has 1 aliphatic carbocycles. The lowest BCUT2D eigenvalue weighted by molar-refractivity contribution is 0.324. The normalized spacial score (nSPS) is 22.3. The summed E-state index contributed by atoms with van der Waals surface area (Å²) in [5.41, 5.74) is 2.29. The summed E-state index contributed by atoms with van der Waals surface area (Å²) in [5, 5.41) is 0. The first kappa shape index (κ1) is 16.8. The molecule has 0 saturated heterocycles. The second kappa shape index (κ2) is 8.82. The molecule has 0 spiro atoms. The fourth-order valence-electron chi connectivity index (χ4n) is 3.27. The topological polar surface area (TPSA) is 0 Å². The molecule has 0 nitrogen and oxygen atoms in total. The lowest BCUT2D eigenvalue weighted by Gasteiger charge is -2.23. The quantitative estimate of drug-likeness (QED) is 0.314. The van der Waals surface area contributed by atoms with Crippen LogP contribution in [-0.4, -0.2) is 0 Å². The van der Waals surface area contributed by atoms with Crippen LogP contribution >= 0.6 is 0 Å². The maximum absolute atomic E-state index is 2.60. The van der Waals surface area contributed by atoms with E-state index in [1.807, 2.05) is 0 Å². The molecule has 1 atom stereocenters. The van der Waals surface area contributed by atoms with Crippen molar-refractivity contribution in [2.75, 3.05) is 0 Å². The molecule has 112 valence electrons. The minimum Gasteiger partial charge on any atom is -0.0848 e. The van der Waals surface area contributed by atoms with Crippen molar-refractivity contribution in [3.63, 3.8) is 0 Å². The van der Waals surface area contributed by atoms with Crippen LogP contribution in [0.5, 0.6) is 0 Å². The fraction of sp³-hybridized carbons (Fsp3) is 0.895. The van der Waals surface area contributed by atoms with E-state index >= 15 is 0 Å². The van der Waals surface area contributed by atoms with Gasteiger partial charge in [0.05, 0.1) is 0 Å². The van der Waals surface area contributed by atoms with Crippen LogP contribution in [0.1, 0.15) is 98.3 Å². The van der Waals surface area contributed by atoms with Crippen LogP contribution in [0.25, 0.3) is 0 Å². The highest BCUT2D eigenvalue weighted by Gasteiger charge is 2.20. The zero-order valence-electron chi connectivity index (χ0n) is 13.9. The summed E-state index contributed by atoms with van der Waals surface area (Å²) >= 11 is 0. The monoisotopic (exact) mass is 264 g/mol. The molecule has 1 rings (SSSR count). The minimum atomic E-state index is 0.518. The largest absolute Gasteiger partial charge is 0.0848 e. The molecule has 0 bridgehead atoms. The Morgan fingerprint density at radius 2 is 1.84 bits per heavy atom. The average molecular weight is 264 g/mol. The van der Waals surface area contributed by atoms with Crippen molar-refractivity contribution in [1.29, 1.82) is 0 Å². The van der Waals surface area contributed by atoms with Crippen molar-refractivity contribution in [1.82, 2.24) is 0 Å². The summed E-state index contributed by atoms with van der Waals surface area (Å²) in [7, 11) is 0. The van der Waals surface area contributed by atoms with Crippen molar-refractivity contribution in [2.45, 2.75) is 98.3 Å². The smallest absolute Gasteiger partial charge is 0.0292 e. The third-order valence-electron chi connectivity index (χ3n) is 4.79. The van der Waals surface area contributed by atoms with E-state index in [4.69, 9.17) is 0 Å². The summed E-state index contributed by atoms with van der Waals surface area (Å²) < 4.78 is 0. The third-order valence-corrected chi connectivity index (χ3v) is 4.79. The molecule has 0 amide bonds. The highest BCUT2D eigenvalue weighted by atomic mass is 14.3. The van der Waals surface area contributed by atoms with E-state index in [9.17, 15) is 0 Å². The van der Waals surface area contributed by atoms with Crippen LogP contribution in [0, 0.1) is 11.3 Å². The summed E-state index contributed by atoms with van der Waals surface area (Å²) in [6.45, 7) is 9.50. The molecule has 19 heavy (non-hydrogen) atoms. The van der Waals surface area contributed by atoms with Crippen molar-refractivity contribution >= 4 is 0 Å². The first-order chi connectivity index (χ1) is 9.07. The van der Waals surface area contributed by atoms with E-state index in [-0.39, 0.29) is 0 Å². The zero-order valence-corrected chi connectivity index (χ0v) is 13.9. The number of rotatable bonds is 9. The van der Waals surface area contributed by atoms with E-state index < -0.39 is 0 Å². The standard InChI is InChI=1S/C19H36/c1-5-7-9-14-19(3,4)15-13-18-12-11-17(16-18)10-8-6-2/h13,17H,5-12,14-16H2,1-4H3/b18-13+. The molecule has 0 N–H and O–H groups in total. The molecular weight excluding hydrogens is 228 g/mol. The lowest BCUT2D eigenvalue weighted by Crippen LogP contribution is -2.09.